The third kappa shape index (κ3) is 3.05. The van der Waals surface area contributed by atoms with Gasteiger partial charge in [-0.25, -0.2) is 9.67 Å². The van der Waals surface area contributed by atoms with Crippen LogP contribution in [0.25, 0.3) is 5.82 Å². The highest BCUT2D eigenvalue weighted by Gasteiger charge is 2.12. The molecule has 0 unspecified atom stereocenters. The van der Waals surface area contributed by atoms with Crippen LogP contribution in [0.5, 0.6) is 0 Å². The van der Waals surface area contributed by atoms with E-state index < -0.39 is 0 Å². The first-order valence-electron chi connectivity index (χ1n) is 6.20. The summed E-state index contributed by atoms with van der Waals surface area (Å²) in [6.45, 7) is 2.82. The van der Waals surface area contributed by atoms with Crippen LogP contribution in [-0.2, 0) is 0 Å². The first kappa shape index (κ1) is 14.3. The number of nitrogens with zero attached hydrogens (tertiary/aromatic N) is 4. The van der Waals surface area contributed by atoms with Crippen LogP contribution in [0.2, 0.25) is 5.02 Å². The van der Waals surface area contributed by atoms with E-state index in [9.17, 15) is 4.79 Å². The zero-order valence-electron chi connectivity index (χ0n) is 11.2. The average Bonchev–Trinajstić information content (AvgIpc) is 2.95. The van der Waals surface area contributed by atoms with Gasteiger partial charge in [-0.05, 0) is 12.5 Å². The van der Waals surface area contributed by atoms with E-state index in [0.29, 0.717) is 22.5 Å². The Hall–Kier alpha value is -2.15. The monoisotopic (exact) mass is 294 g/mol. The second-order valence-corrected chi connectivity index (χ2v) is 4.42. The van der Waals surface area contributed by atoms with Crippen LogP contribution in [0.4, 0.5) is 5.95 Å². The average molecular weight is 295 g/mol. The standard InChI is InChI=1S/C12H15ClN6O/c1-3-5-15-12-16-7-8(13)10(17-12)19-6-4-9(18-19)11(20)14-2/h4,6-7H,3,5H2,1-2H3,(H,14,20)(H,15,16,17). The van der Waals surface area contributed by atoms with Gasteiger partial charge < -0.3 is 10.6 Å². The van der Waals surface area contributed by atoms with Gasteiger partial charge in [-0.15, -0.1) is 0 Å². The van der Waals surface area contributed by atoms with Gasteiger partial charge >= 0.3 is 0 Å². The number of nitrogens with one attached hydrogen (secondary N) is 2. The maximum atomic E-state index is 11.5. The molecular formula is C12H15ClN6O. The normalized spacial score (nSPS) is 10.3. The van der Waals surface area contributed by atoms with Crippen molar-refractivity contribution in [2.45, 2.75) is 13.3 Å². The van der Waals surface area contributed by atoms with Gasteiger partial charge in [0.05, 0.1) is 6.20 Å². The third-order valence-electron chi connectivity index (χ3n) is 2.52. The minimum atomic E-state index is -0.265. The van der Waals surface area contributed by atoms with E-state index in [2.05, 4.69) is 25.7 Å². The highest BCUT2D eigenvalue weighted by molar-refractivity contribution is 6.32. The lowest BCUT2D eigenvalue weighted by molar-refractivity contribution is 0.0957. The number of aromatic nitrogens is 4. The first-order chi connectivity index (χ1) is 9.65. The molecule has 0 aliphatic rings. The summed E-state index contributed by atoms with van der Waals surface area (Å²) >= 11 is 6.07. The Morgan fingerprint density at radius 1 is 1.50 bits per heavy atom. The van der Waals surface area contributed by atoms with Crippen molar-refractivity contribution in [3.8, 4) is 5.82 Å². The summed E-state index contributed by atoms with van der Waals surface area (Å²) in [7, 11) is 1.55. The van der Waals surface area contributed by atoms with Gasteiger partial charge in [0.1, 0.15) is 5.02 Å². The van der Waals surface area contributed by atoms with Crippen molar-refractivity contribution in [1.82, 2.24) is 25.1 Å². The second kappa shape index (κ2) is 6.33. The van der Waals surface area contributed by atoms with E-state index >= 15 is 0 Å². The highest BCUT2D eigenvalue weighted by Crippen LogP contribution is 2.18. The predicted octanol–water partition coefficient (Wildman–Crippen LogP) is 1.50. The molecule has 0 spiro atoms. The van der Waals surface area contributed by atoms with Crippen LogP contribution in [0.3, 0.4) is 0 Å². The fourth-order valence-electron chi connectivity index (χ4n) is 1.53. The molecule has 8 heteroatoms. The van der Waals surface area contributed by atoms with Crippen molar-refractivity contribution in [1.29, 1.82) is 0 Å². The maximum Gasteiger partial charge on any atom is 0.271 e. The summed E-state index contributed by atoms with van der Waals surface area (Å²) < 4.78 is 1.45. The van der Waals surface area contributed by atoms with Crippen molar-refractivity contribution in [3.63, 3.8) is 0 Å². The third-order valence-corrected chi connectivity index (χ3v) is 2.79. The van der Waals surface area contributed by atoms with Crippen LogP contribution in [0, 0.1) is 0 Å². The maximum absolute atomic E-state index is 11.5. The molecule has 7 nitrogen and oxygen atoms in total. The smallest absolute Gasteiger partial charge is 0.271 e. The molecule has 2 heterocycles. The molecule has 2 N–H and O–H groups in total. The molecule has 0 atom stereocenters. The Morgan fingerprint density at radius 3 is 3.00 bits per heavy atom. The first-order valence-corrected chi connectivity index (χ1v) is 6.58. The summed E-state index contributed by atoms with van der Waals surface area (Å²) in [5.74, 6) is 0.636. The quantitative estimate of drug-likeness (QED) is 0.873. The summed E-state index contributed by atoms with van der Waals surface area (Å²) in [4.78, 5) is 19.9. The lowest BCUT2D eigenvalue weighted by atomic mass is 10.4. The topological polar surface area (TPSA) is 84.7 Å². The number of halogens is 1. The molecule has 0 fully saturated rings. The molecule has 0 saturated heterocycles. The van der Waals surface area contributed by atoms with Crippen LogP contribution in [0.1, 0.15) is 23.8 Å². The van der Waals surface area contributed by atoms with Crippen LogP contribution in [-0.4, -0.2) is 39.2 Å². The van der Waals surface area contributed by atoms with Crippen molar-refractivity contribution in [3.05, 3.63) is 29.2 Å². The van der Waals surface area contributed by atoms with Gasteiger partial charge in [-0.2, -0.15) is 10.1 Å². The minimum Gasteiger partial charge on any atom is -0.354 e. The van der Waals surface area contributed by atoms with Crippen molar-refractivity contribution >= 4 is 23.5 Å². The van der Waals surface area contributed by atoms with E-state index in [0.717, 1.165) is 13.0 Å². The number of rotatable bonds is 5. The van der Waals surface area contributed by atoms with E-state index in [1.807, 2.05) is 6.92 Å². The lowest BCUT2D eigenvalue weighted by Crippen LogP contribution is -2.18. The molecule has 1 amide bonds. The number of anilines is 1. The summed E-state index contributed by atoms with van der Waals surface area (Å²) in [6.07, 6.45) is 4.09. The fourth-order valence-corrected chi connectivity index (χ4v) is 1.71. The van der Waals surface area contributed by atoms with E-state index in [1.54, 1.807) is 19.3 Å². The zero-order chi connectivity index (χ0) is 14.5. The summed E-state index contributed by atoms with van der Waals surface area (Å²) in [5.41, 5.74) is 0.297. The summed E-state index contributed by atoms with van der Waals surface area (Å²) in [5, 5.41) is 10.1. The van der Waals surface area contributed by atoms with E-state index in [-0.39, 0.29) is 5.91 Å². The molecule has 0 aromatic carbocycles. The van der Waals surface area contributed by atoms with Crippen LogP contribution < -0.4 is 10.6 Å². The molecule has 2 aromatic rings. The molecule has 106 valence electrons. The Kier molecular flexibility index (Phi) is 4.52. The number of carbonyl (C=O) groups excluding carboxylic acids is 1. The molecule has 0 saturated carbocycles. The van der Waals surface area contributed by atoms with Gasteiger partial charge in [0.2, 0.25) is 5.95 Å². The fraction of sp³-hybridized carbons (Fsp3) is 0.333. The number of hydrogen-bond donors (Lipinski definition) is 2. The molecule has 0 radical (unpaired) electrons. The highest BCUT2D eigenvalue weighted by atomic mass is 35.5. The van der Waals surface area contributed by atoms with E-state index in [4.69, 9.17) is 11.6 Å². The van der Waals surface area contributed by atoms with Crippen LogP contribution in [0.15, 0.2) is 18.5 Å². The van der Waals surface area contributed by atoms with Gasteiger partial charge in [0, 0.05) is 19.8 Å². The van der Waals surface area contributed by atoms with Crippen LogP contribution >= 0.6 is 11.6 Å². The molecule has 0 aliphatic heterocycles. The second-order valence-electron chi connectivity index (χ2n) is 4.02. The van der Waals surface area contributed by atoms with Crippen molar-refractivity contribution < 1.29 is 4.79 Å². The van der Waals surface area contributed by atoms with Gasteiger partial charge in [-0.3, -0.25) is 4.79 Å². The van der Waals surface area contributed by atoms with E-state index in [1.165, 1.54) is 10.9 Å². The Morgan fingerprint density at radius 2 is 2.30 bits per heavy atom. The Bertz CT molecular complexity index is 612. The van der Waals surface area contributed by atoms with Crippen molar-refractivity contribution in [2.24, 2.45) is 0 Å². The molecular weight excluding hydrogens is 280 g/mol. The SMILES string of the molecule is CCCNc1ncc(Cl)c(-n2ccc(C(=O)NC)n2)n1. The number of amides is 1. The zero-order valence-corrected chi connectivity index (χ0v) is 12.0. The predicted molar refractivity (Wildman–Crippen MR) is 76.3 cm³/mol. The van der Waals surface area contributed by atoms with Gasteiger partial charge in [0.15, 0.2) is 11.5 Å². The molecule has 0 bridgehead atoms. The largest absolute Gasteiger partial charge is 0.354 e. The van der Waals surface area contributed by atoms with Crippen molar-refractivity contribution in [2.75, 3.05) is 18.9 Å². The van der Waals surface area contributed by atoms with Gasteiger partial charge in [-0.1, -0.05) is 18.5 Å². The molecule has 0 aliphatic carbocycles. The summed E-state index contributed by atoms with van der Waals surface area (Å²) in [6, 6.07) is 1.59. The number of hydrogen-bond acceptors (Lipinski definition) is 5. The van der Waals surface area contributed by atoms with Gasteiger partial charge in [0.25, 0.3) is 5.91 Å². The molecule has 2 aromatic heterocycles. The Labute approximate surface area is 121 Å². The molecule has 20 heavy (non-hydrogen) atoms. The Balaban J connectivity index is 2.31. The molecule has 2 rings (SSSR count). The minimum absolute atomic E-state index is 0.265. The lowest BCUT2D eigenvalue weighted by Gasteiger charge is -2.07. The number of carbonyl (C=O) groups is 1.